The maximum absolute atomic E-state index is 12.1. The number of hydrogen-bond acceptors (Lipinski definition) is 4. The summed E-state index contributed by atoms with van der Waals surface area (Å²) in [4.78, 5) is 16.4. The number of aryl methyl sites for hydroxylation is 1. The summed E-state index contributed by atoms with van der Waals surface area (Å²) < 4.78 is 0. The molecule has 0 saturated carbocycles. The van der Waals surface area contributed by atoms with Crippen molar-refractivity contribution in [2.24, 2.45) is 0 Å². The summed E-state index contributed by atoms with van der Waals surface area (Å²) in [5, 5.41) is 13.1. The fourth-order valence-corrected chi connectivity index (χ4v) is 2.48. The first-order valence-electron chi connectivity index (χ1n) is 7.26. The van der Waals surface area contributed by atoms with Crippen molar-refractivity contribution in [1.29, 1.82) is 0 Å². The standard InChI is InChI=1S/C15H19N5O/c1-10-17-14(20-19-10)11-5-7-12(8-6-11)18-15(21)13-4-2-3-9-16-13/h5-8,13,16H,2-4,9H2,1H3,(H,18,21)(H,17,19,20). The van der Waals surface area contributed by atoms with Crippen molar-refractivity contribution in [3.8, 4) is 11.4 Å². The molecule has 1 aliphatic heterocycles. The molecule has 1 aromatic carbocycles. The number of benzene rings is 1. The highest BCUT2D eigenvalue weighted by molar-refractivity contribution is 5.95. The number of aromatic nitrogens is 3. The summed E-state index contributed by atoms with van der Waals surface area (Å²) in [6, 6.07) is 7.50. The van der Waals surface area contributed by atoms with Crippen LogP contribution in [0.3, 0.4) is 0 Å². The lowest BCUT2D eigenvalue weighted by molar-refractivity contribution is -0.118. The van der Waals surface area contributed by atoms with Crippen molar-refractivity contribution in [3.05, 3.63) is 30.1 Å². The molecular formula is C15H19N5O. The van der Waals surface area contributed by atoms with Gasteiger partial charge in [0.2, 0.25) is 5.91 Å². The summed E-state index contributed by atoms with van der Waals surface area (Å²) >= 11 is 0. The molecule has 1 saturated heterocycles. The first-order valence-corrected chi connectivity index (χ1v) is 7.26. The van der Waals surface area contributed by atoms with Gasteiger partial charge in [0.15, 0.2) is 5.82 Å². The second-order valence-corrected chi connectivity index (χ2v) is 5.31. The Balaban J connectivity index is 1.65. The first-order chi connectivity index (χ1) is 10.2. The first kappa shape index (κ1) is 13.8. The molecule has 1 fully saturated rings. The number of amides is 1. The molecule has 1 aromatic heterocycles. The Morgan fingerprint density at radius 3 is 2.71 bits per heavy atom. The molecule has 0 bridgehead atoms. The average molecular weight is 285 g/mol. The third-order valence-electron chi connectivity index (χ3n) is 3.63. The van der Waals surface area contributed by atoms with Gasteiger partial charge in [-0.3, -0.25) is 9.89 Å². The van der Waals surface area contributed by atoms with E-state index in [1.807, 2.05) is 31.2 Å². The number of anilines is 1. The molecule has 0 radical (unpaired) electrons. The van der Waals surface area contributed by atoms with Gasteiger partial charge in [-0.05, 0) is 50.6 Å². The van der Waals surface area contributed by atoms with Crippen molar-refractivity contribution in [2.45, 2.75) is 32.2 Å². The van der Waals surface area contributed by atoms with Gasteiger partial charge in [0, 0.05) is 11.3 Å². The van der Waals surface area contributed by atoms with Gasteiger partial charge in [-0.2, -0.15) is 5.10 Å². The summed E-state index contributed by atoms with van der Waals surface area (Å²) in [7, 11) is 0. The summed E-state index contributed by atoms with van der Waals surface area (Å²) in [5.74, 6) is 1.49. The SMILES string of the molecule is Cc1nc(-c2ccc(NC(=O)C3CCCCN3)cc2)n[nH]1. The summed E-state index contributed by atoms with van der Waals surface area (Å²) in [5.41, 5.74) is 1.72. The molecular weight excluding hydrogens is 266 g/mol. The van der Waals surface area contributed by atoms with Gasteiger partial charge in [-0.15, -0.1) is 0 Å². The highest BCUT2D eigenvalue weighted by atomic mass is 16.2. The van der Waals surface area contributed by atoms with E-state index in [1.165, 1.54) is 0 Å². The van der Waals surface area contributed by atoms with Crippen LogP contribution < -0.4 is 10.6 Å². The maximum Gasteiger partial charge on any atom is 0.241 e. The third kappa shape index (κ3) is 3.28. The van der Waals surface area contributed by atoms with Gasteiger partial charge in [-0.1, -0.05) is 6.42 Å². The van der Waals surface area contributed by atoms with E-state index in [9.17, 15) is 4.79 Å². The zero-order chi connectivity index (χ0) is 14.7. The van der Waals surface area contributed by atoms with Crippen LogP contribution in [0.5, 0.6) is 0 Å². The van der Waals surface area contributed by atoms with Gasteiger partial charge in [0.1, 0.15) is 5.82 Å². The topological polar surface area (TPSA) is 82.7 Å². The maximum atomic E-state index is 12.1. The largest absolute Gasteiger partial charge is 0.325 e. The molecule has 0 spiro atoms. The minimum Gasteiger partial charge on any atom is -0.325 e. The quantitative estimate of drug-likeness (QED) is 0.804. The van der Waals surface area contributed by atoms with Crippen molar-refractivity contribution in [2.75, 3.05) is 11.9 Å². The van der Waals surface area contributed by atoms with E-state index in [1.54, 1.807) is 0 Å². The lowest BCUT2D eigenvalue weighted by Crippen LogP contribution is -2.43. The van der Waals surface area contributed by atoms with E-state index in [2.05, 4.69) is 25.8 Å². The molecule has 6 heteroatoms. The molecule has 6 nitrogen and oxygen atoms in total. The lowest BCUT2D eigenvalue weighted by Gasteiger charge is -2.22. The number of rotatable bonds is 3. The Morgan fingerprint density at radius 1 is 1.29 bits per heavy atom. The van der Waals surface area contributed by atoms with Crippen molar-refractivity contribution in [1.82, 2.24) is 20.5 Å². The number of H-pyrrole nitrogens is 1. The highest BCUT2D eigenvalue weighted by Gasteiger charge is 2.20. The minimum absolute atomic E-state index is 0.0381. The predicted molar refractivity (Wildman–Crippen MR) is 80.8 cm³/mol. The van der Waals surface area contributed by atoms with E-state index in [0.717, 1.165) is 42.9 Å². The number of aromatic amines is 1. The fraction of sp³-hybridized carbons (Fsp3) is 0.400. The van der Waals surface area contributed by atoms with Gasteiger partial charge in [0.05, 0.1) is 6.04 Å². The predicted octanol–water partition coefficient (Wildman–Crippen LogP) is 1.86. The van der Waals surface area contributed by atoms with Crippen LogP contribution in [-0.4, -0.2) is 33.7 Å². The minimum atomic E-state index is -0.0749. The van der Waals surface area contributed by atoms with Crippen LogP contribution in [0.2, 0.25) is 0 Å². The van der Waals surface area contributed by atoms with Crippen molar-refractivity contribution < 1.29 is 4.79 Å². The van der Waals surface area contributed by atoms with Crippen LogP contribution >= 0.6 is 0 Å². The lowest BCUT2D eigenvalue weighted by atomic mass is 10.0. The van der Waals surface area contributed by atoms with Crippen LogP contribution in [0.25, 0.3) is 11.4 Å². The molecule has 2 aromatic rings. The van der Waals surface area contributed by atoms with E-state index < -0.39 is 0 Å². The van der Waals surface area contributed by atoms with Crippen LogP contribution in [0.4, 0.5) is 5.69 Å². The monoisotopic (exact) mass is 285 g/mol. The van der Waals surface area contributed by atoms with Gasteiger partial charge < -0.3 is 10.6 Å². The molecule has 1 atom stereocenters. The van der Waals surface area contributed by atoms with Crippen LogP contribution in [0.15, 0.2) is 24.3 Å². The van der Waals surface area contributed by atoms with E-state index in [4.69, 9.17) is 0 Å². The normalized spacial score (nSPS) is 18.4. The number of piperidine rings is 1. The van der Waals surface area contributed by atoms with Crippen LogP contribution in [-0.2, 0) is 4.79 Å². The van der Waals surface area contributed by atoms with Gasteiger partial charge in [-0.25, -0.2) is 4.98 Å². The number of hydrogen-bond donors (Lipinski definition) is 3. The second-order valence-electron chi connectivity index (χ2n) is 5.31. The molecule has 3 rings (SSSR count). The molecule has 2 heterocycles. The Hall–Kier alpha value is -2.21. The van der Waals surface area contributed by atoms with Crippen LogP contribution in [0.1, 0.15) is 25.1 Å². The third-order valence-corrected chi connectivity index (χ3v) is 3.63. The van der Waals surface area contributed by atoms with E-state index >= 15 is 0 Å². The average Bonchev–Trinajstić information content (AvgIpc) is 2.95. The Labute approximate surface area is 123 Å². The molecule has 3 N–H and O–H groups in total. The molecule has 110 valence electrons. The molecule has 21 heavy (non-hydrogen) atoms. The summed E-state index contributed by atoms with van der Waals surface area (Å²) in [6.07, 6.45) is 3.16. The number of nitrogens with zero attached hydrogens (tertiary/aromatic N) is 2. The highest BCUT2D eigenvalue weighted by Crippen LogP contribution is 2.18. The van der Waals surface area contributed by atoms with E-state index in [0.29, 0.717) is 5.82 Å². The fourth-order valence-electron chi connectivity index (χ4n) is 2.48. The van der Waals surface area contributed by atoms with Gasteiger partial charge in [0.25, 0.3) is 0 Å². The Morgan fingerprint density at radius 2 is 2.10 bits per heavy atom. The van der Waals surface area contributed by atoms with Crippen molar-refractivity contribution in [3.63, 3.8) is 0 Å². The second kappa shape index (κ2) is 6.05. The summed E-state index contributed by atoms with van der Waals surface area (Å²) in [6.45, 7) is 2.78. The van der Waals surface area contributed by atoms with E-state index in [-0.39, 0.29) is 11.9 Å². The Kier molecular flexibility index (Phi) is 3.96. The molecule has 0 aliphatic carbocycles. The molecule has 1 aliphatic rings. The molecule has 1 unspecified atom stereocenters. The zero-order valence-corrected chi connectivity index (χ0v) is 12.0. The molecule has 1 amide bonds. The Bertz CT molecular complexity index is 613. The smallest absolute Gasteiger partial charge is 0.241 e. The van der Waals surface area contributed by atoms with Crippen LogP contribution in [0, 0.1) is 6.92 Å². The zero-order valence-electron chi connectivity index (χ0n) is 12.0. The number of carbonyl (C=O) groups is 1. The van der Waals surface area contributed by atoms with Gasteiger partial charge >= 0.3 is 0 Å². The number of carbonyl (C=O) groups excluding carboxylic acids is 1. The van der Waals surface area contributed by atoms with Crippen molar-refractivity contribution >= 4 is 11.6 Å². The number of nitrogens with one attached hydrogen (secondary N) is 3.